The van der Waals surface area contributed by atoms with Gasteiger partial charge in [0.15, 0.2) is 0 Å². The fourth-order valence-corrected chi connectivity index (χ4v) is 2.17. The zero-order chi connectivity index (χ0) is 14.5. The van der Waals surface area contributed by atoms with E-state index in [2.05, 4.69) is 0 Å². The van der Waals surface area contributed by atoms with Crippen LogP contribution in [0.25, 0.3) is 0 Å². The number of aryl methyl sites for hydroxylation is 1. The minimum absolute atomic E-state index is 0.0238. The molecule has 0 bridgehead atoms. The molecule has 0 N–H and O–H groups in total. The van der Waals surface area contributed by atoms with Crippen LogP contribution in [0.2, 0.25) is 0 Å². The number of rotatable bonds is 3. The molecule has 0 aliphatic heterocycles. The molecule has 2 rings (SSSR count). The number of benzene rings is 2. The molecule has 0 aromatic heterocycles. The minimum Gasteiger partial charge on any atom is -0.297 e. The second-order valence-corrected chi connectivity index (χ2v) is 4.76. The van der Waals surface area contributed by atoms with E-state index < -0.39 is 0 Å². The Morgan fingerprint density at radius 1 is 1.00 bits per heavy atom. The van der Waals surface area contributed by atoms with E-state index in [1.165, 1.54) is 0 Å². The molecule has 104 valence electrons. The van der Waals surface area contributed by atoms with Crippen LogP contribution in [0.3, 0.4) is 0 Å². The number of hydrogen-bond donors (Lipinski definition) is 0. The standard InChI is InChI=1S/C17H20N2O/c1-4-19(16-12-8-9-14(2)13-16)17(20)18(3)15-10-6-5-7-11-15/h5-13H,4H2,1-3H3. The predicted octanol–water partition coefficient (Wildman–Crippen LogP) is 4.08. The van der Waals surface area contributed by atoms with Crippen molar-refractivity contribution in [2.75, 3.05) is 23.4 Å². The number of amides is 2. The van der Waals surface area contributed by atoms with Crippen LogP contribution in [-0.2, 0) is 0 Å². The van der Waals surface area contributed by atoms with Crippen LogP contribution < -0.4 is 9.80 Å². The summed E-state index contributed by atoms with van der Waals surface area (Å²) in [5.41, 5.74) is 2.97. The van der Waals surface area contributed by atoms with Gasteiger partial charge in [-0.25, -0.2) is 4.79 Å². The van der Waals surface area contributed by atoms with Crippen molar-refractivity contribution in [3.05, 3.63) is 60.2 Å². The molecule has 3 heteroatoms. The van der Waals surface area contributed by atoms with Crippen LogP contribution >= 0.6 is 0 Å². The van der Waals surface area contributed by atoms with Crippen molar-refractivity contribution in [3.8, 4) is 0 Å². The van der Waals surface area contributed by atoms with Crippen molar-refractivity contribution in [1.29, 1.82) is 0 Å². The molecule has 2 aromatic carbocycles. The van der Waals surface area contributed by atoms with Crippen molar-refractivity contribution in [2.45, 2.75) is 13.8 Å². The zero-order valence-corrected chi connectivity index (χ0v) is 12.2. The van der Waals surface area contributed by atoms with Crippen LogP contribution in [0.15, 0.2) is 54.6 Å². The summed E-state index contributed by atoms with van der Waals surface area (Å²) in [7, 11) is 1.80. The number of anilines is 2. The lowest BCUT2D eigenvalue weighted by Crippen LogP contribution is -2.41. The Labute approximate surface area is 120 Å². The summed E-state index contributed by atoms with van der Waals surface area (Å²) in [6.45, 7) is 4.65. The Bertz CT molecular complexity index is 581. The molecule has 0 unspecified atom stereocenters. The largest absolute Gasteiger partial charge is 0.328 e. The third kappa shape index (κ3) is 2.99. The lowest BCUT2D eigenvalue weighted by atomic mass is 10.2. The summed E-state index contributed by atoms with van der Waals surface area (Å²) in [5, 5.41) is 0. The molecule has 0 radical (unpaired) electrons. The highest BCUT2D eigenvalue weighted by Crippen LogP contribution is 2.20. The number of urea groups is 1. The maximum Gasteiger partial charge on any atom is 0.328 e. The SMILES string of the molecule is CCN(C(=O)N(C)c1ccccc1)c1cccc(C)c1. The topological polar surface area (TPSA) is 23.6 Å². The van der Waals surface area contributed by atoms with Crippen LogP contribution in [0.5, 0.6) is 0 Å². The normalized spacial score (nSPS) is 10.2. The van der Waals surface area contributed by atoms with Crippen LogP contribution in [0.4, 0.5) is 16.2 Å². The molecular formula is C17H20N2O. The van der Waals surface area contributed by atoms with Gasteiger partial charge in [-0.2, -0.15) is 0 Å². The lowest BCUT2D eigenvalue weighted by molar-refractivity contribution is 0.253. The van der Waals surface area contributed by atoms with Gasteiger partial charge in [-0.15, -0.1) is 0 Å². The summed E-state index contributed by atoms with van der Waals surface area (Å²) >= 11 is 0. The van der Waals surface area contributed by atoms with Gasteiger partial charge in [-0.1, -0.05) is 30.3 Å². The molecule has 20 heavy (non-hydrogen) atoms. The molecule has 0 aliphatic rings. The molecule has 0 atom stereocenters. The first-order valence-electron chi connectivity index (χ1n) is 6.80. The highest BCUT2D eigenvalue weighted by molar-refractivity contribution is 6.03. The number of hydrogen-bond acceptors (Lipinski definition) is 1. The molecule has 0 spiro atoms. The Balaban J connectivity index is 2.26. The van der Waals surface area contributed by atoms with Gasteiger partial charge in [0, 0.05) is 25.0 Å². The molecule has 2 amide bonds. The Hall–Kier alpha value is -2.29. The summed E-state index contributed by atoms with van der Waals surface area (Å²) in [4.78, 5) is 16.1. The first-order chi connectivity index (χ1) is 9.63. The first-order valence-corrected chi connectivity index (χ1v) is 6.80. The van der Waals surface area contributed by atoms with Crippen molar-refractivity contribution in [1.82, 2.24) is 0 Å². The summed E-state index contributed by atoms with van der Waals surface area (Å²) in [6, 6.07) is 17.7. The third-order valence-corrected chi connectivity index (χ3v) is 3.29. The van der Waals surface area contributed by atoms with E-state index in [9.17, 15) is 4.79 Å². The molecule has 0 saturated carbocycles. The molecular weight excluding hydrogens is 248 g/mol. The van der Waals surface area contributed by atoms with E-state index in [0.717, 1.165) is 16.9 Å². The molecule has 0 fully saturated rings. The second-order valence-electron chi connectivity index (χ2n) is 4.76. The Morgan fingerprint density at radius 3 is 2.25 bits per heavy atom. The van der Waals surface area contributed by atoms with Crippen LogP contribution in [-0.4, -0.2) is 19.6 Å². The Kier molecular flexibility index (Phi) is 4.41. The fourth-order valence-electron chi connectivity index (χ4n) is 2.17. The highest BCUT2D eigenvalue weighted by Gasteiger charge is 2.19. The Morgan fingerprint density at radius 2 is 1.65 bits per heavy atom. The van der Waals surface area contributed by atoms with E-state index in [1.54, 1.807) is 16.8 Å². The van der Waals surface area contributed by atoms with Gasteiger partial charge in [0.2, 0.25) is 0 Å². The average molecular weight is 268 g/mol. The fraction of sp³-hybridized carbons (Fsp3) is 0.235. The number of para-hydroxylation sites is 1. The van der Waals surface area contributed by atoms with E-state index in [1.807, 2.05) is 68.4 Å². The molecule has 0 saturated heterocycles. The molecule has 2 aromatic rings. The van der Waals surface area contributed by atoms with Gasteiger partial charge in [0.05, 0.1) is 0 Å². The van der Waals surface area contributed by atoms with Crippen molar-refractivity contribution >= 4 is 17.4 Å². The number of carbonyl (C=O) groups is 1. The predicted molar refractivity (Wildman–Crippen MR) is 84.4 cm³/mol. The number of nitrogens with zero attached hydrogens (tertiary/aromatic N) is 2. The monoisotopic (exact) mass is 268 g/mol. The van der Waals surface area contributed by atoms with Crippen molar-refractivity contribution < 1.29 is 4.79 Å². The van der Waals surface area contributed by atoms with Gasteiger partial charge in [-0.05, 0) is 43.7 Å². The molecule has 0 heterocycles. The molecule has 0 aliphatic carbocycles. The number of carbonyl (C=O) groups excluding carboxylic acids is 1. The zero-order valence-electron chi connectivity index (χ0n) is 12.2. The molecule has 3 nitrogen and oxygen atoms in total. The maximum atomic E-state index is 12.6. The van der Waals surface area contributed by atoms with Crippen molar-refractivity contribution in [2.24, 2.45) is 0 Å². The van der Waals surface area contributed by atoms with Gasteiger partial charge >= 0.3 is 6.03 Å². The van der Waals surface area contributed by atoms with Gasteiger partial charge in [0.1, 0.15) is 0 Å². The summed E-state index contributed by atoms with van der Waals surface area (Å²) < 4.78 is 0. The smallest absolute Gasteiger partial charge is 0.297 e. The van der Waals surface area contributed by atoms with Gasteiger partial charge in [-0.3, -0.25) is 9.80 Å². The van der Waals surface area contributed by atoms with Crippen LogP contribution in [0, 0.1) is 6.92 Å². The maximum absolute atomic E-state index is 12.6. The quantitative estimate of drug-likeness (QED) is 0.822. The highest BCUT2D eigenvalue weighted by atomic mass is 16.2. The average Bonchev–Trinajstić information content (AvgIpc) is 2.48. The van der Waals surface area contributed by atoms with E-state index in [0.29, 0.717) is 6.54 Å². The van der Waals surface area contributed by atoms with E-state index in [4.69, 9.17) is 0 Å². The van der Waals surface area contributed by atoms with Gasteiger partial charge < -0.3 is 0 Å². The first kappa shape index (κ1) is 14.1. The second kappa shape index (κ2) is 6.24. The van der Waals surface area contributed by atoms with E-state index in [-0.39, 0.29) is 6.03 Å². The van der Waals surface area contributed by atoms with Crippen molar-refractivity contribution in [3.63, 3.8) is 0 Å². The van der Waals surface area contributed by atoms with E-state index >= 15 is 0 Å². The van der Waals surface area contributed by atoms with Crippen LogP contribution in [0.1, 0.15) is 12.5 Å². The third-order valence-electron chi connectivity index (χ3n) is 3.29. The summed E-state index contributed by atoms with van der Waals surface area (Å²) in [5.74, 6) is 0. The lowest BCUT2D eigenvalue weighted by Gasteiger charge is -2.27. The minimum atomic E-state index is -0.0238. The van der Waals surface area contributed by atoms with Gasteiger partial charge in [0.25, 0.3) is 0 Å². The summed E-state index contributed by atoms with van der Waals surface area (Å²) in [6.07, 6.45) is 0.